The molecule has 0 amide bonds. The van der Waals surface area contributed by atoms with Gasteiger partial charge >= 0.3 is 0 Å². The SMILES string of the molecule is C#CC#CC#CC#CC#Cn1c2cc(C)ccc2c2ccc(-c3cc4c(s3)-c3cc5c(cc3C4(c3ccc(CCCC)cc3)c3ccc(CCCC)cc3)-c3sc(C)cc3C5(c3ccc(CCCC)cc3)c3ccc(CCCC)cc3)cc21. The highest BCUT2D eigenvalue weighted by Crippen LogP contribution is 2.65. The molecule has 0 saturated carbocycles. The molecule has 2 aliphatic carbocycles. The Morgan fingerprint density at radius 3 is 1.28 bits per heavy atom. The van der Waals surface area contributed by atoms with E-state index in [0.717, 1.165) is 53.1 Å². The van der Waals surface area contributed by atoms with Gasteiger partial charge in [0.2, 0.25) is 0 Å². The molecule has 83 heavy (non-hydrogen) atoms. The lowest BCUT2D eigenvalue weighted by Gasteiger charge is -2.35. The van der Waals surface area contributed by atoms with E-state index in [2.05, 4.69) is 257 Å². The first-order valence-corrected chi connectivity index (χ1v) is 31.7. The Bertz CT molecular complexity index is 4290. The van der Waals surface area contributed by atoms with Crippen molar-refractivity contribution in [1.82, 2.24) is 4.57 Å². The Balaban J connectivity index is 1.13. The van der Waals surface area contributed by atoms with Crippen LogP contribution in [0.25, 0.3) is 53.1 Å². The average Bonchev–Trinajstić information content (AvgIpc) is 1.69. The second kappa shape index (κ2) is 23.8. The molecule has 0 spiro atoms. The lowest BCUT2D eigenvalue weighted by molar-refractivity contribution is 0.752. The van der Waals surface area contributed by atoms with Crippen LogP contribution in [0, 0.1) is 73.7 Å². The summed E-state index contributed by atoms with van der Waals surface area (Å²) in [6, 6.07) is 66.5. The summed E-state index contributed by atoms with van der Waals surface area (Å²) in [6.07, 6.45) is 19.0. The molecule has 1 nitrogen and oxygen atoms in total. The molecule has 0 aliphatic heterocycles. The number of unbranched alkanes of at least 4 members (excludes halogenated alkanes) is 4. The van der Waals surface area contributed by atoms with Crippen LogP contribution in [0.2, 0.25) is 0 Å². The Morgan fingerprint density at radius 1 is 0.410 bits per heavy atom. The number of aryl methyl sites for hydroxylation is 6. The minimum atomic E-state index is -0.615. The maximum absolute atomic E-state index is 5.28. The van der Waals surface area contributed by atoms with Crippen molar-refractivity contribution in [2.45, 2.75) is 129 Å². The fraction of sp³-hybridized carbons (Fsp3) is 0.250. The van der Waals surface area contributed by atoms with Crippen LogP contribution in [0.4, 0.5) is 0 Å². The van der Waals surface area contributed by atoms with Crippen LogP contribution >= 0.6 is 22.7 Å². The highest BCUT2D eigenvalue weighted by Gasteiger charge is 2.53. The Kier molecular flexibility index (Phi) is 15.8. The number of terminal acetylenes is 1. The monoisotopic (exact) mass is 1110 g/mol. The molecule has 3 aromatic heterocycles. The standard InChI is InChI=1S/C80H69NS2/c1-8-13-18-19-20-21-22-23-48-81-74-49-55(6)28-46-66(74)67-47-37-61(51-75(67)81)76-54-73-78(83-76)69-53-70-68(52-71(69)80(73,64-42-33-59(34-43-64)26-16-11-4)65-44-35-60(36-45-65)27-17-12-5)77-72(50-56(7)82-77)79(70,62-38-29-57(30-39-62)24-14-9-2)63-40-31-58(32-41-63)25-15-10-3/h1,28-47,49-54H,9-12,14-17,24-27H2,2-7H3. The van der Waals surface area contributed by atoms with Crippen LogP contribution in [0.15, 0.2) is 158 Å². The highest BCUT2D eigenvalue weighted by molar-refractivity contribution is 7.19. The van der Waals surface area contributed by atoms with Gasteiger partial charge in [-0.1, -0.05) is 175 Å². The molecule has 0 atom stereocenters. The van der Waals surface area contributed by atoms with Crippen LogP contribution in [0.1, 0.15) is 156 Å². The first-order chi connectivity index (χ1) is 40.7. The maximum atomic E-state index is 5.28. The number of rotatable bonds is 17. The van der Waals surface area contributed by atoms with Crippen molar-refractivity contribution in [2.75, 3.05) is 0 Å². The van der Waals surface area contributed by atoms with Gasteiger partial charge in [-0.3, -0.25) is 4.57 Å². The van der Waals surface area contributed by atoms with Crippen molar-refractivity contribution in [3.63, 3.8) is 0 Å². The van der Waals surface area contributed by atoms with Gasteiger partial charge in [0.05, 0.1) is 21.9 Å². The molecule has 406 valence electrons. The lowest BCUT2D eigenvalue weighted by Crippen LogP contribution is -2.30. The van der Waals surface area contributed by atoms with E-state index in [1.54, 1.807) is 0 Å². The van der Waals surface area contributed by atoms with E-state index < -0.39 is 10.8 Å². The molecule has 12 rings (SSSR count). The zero-order valence-electron chi connectivity index (χ0n) is 48.8. The number of hydrogen-bond donors (Lipinski definition) is 0. The topological polar surface area (TPSA) is 4.93 Å². The maximum Gasteiger partial charge on any atom is 0.0722 e. The summed E-state index contributed by atoms with van der Waals surface area (Å²) < 4.78 is 2.11. The molecule has 3 heteroatoms. The lowest BCUT2D eigenvalue weighted by atomic mass is 9.65. The zero-order valence-corrected chi connectivity index (χ0v) is 50.5. The third-order valence-electron chi connectivity index (χ3n) is 17.5. The van der Waals surface area contributed by atoms with Crippen molar-refractivity contribution in [2.24, 2.45) is 0 Å². The largest absolute Gasteiger partial charge is 0.268 e. The van der Waals surface area contributed by atoms with Gasteiger partial charge in [-0.05, 0) is 214 Å². The normalized spacial score (nSPS) is 12.8. The second-order valence-corrected chi connectivity index (χ2v) is 25.1. The zero-order chi connectivity index (χ0) is 57.1. The summed E-state index contributed by atoms with van der Waals surface area (Å²) in [7, 11) is 0. The van der Waals surface area contributed by atoms with Gasteiger partial charge in [-0.15, -0.1) is 29.1 Å². The fourth-order valence-electron chi connectivity index (χ4n) is 13.4. The van der Waals surface area contributed by atoms with Crippen molar-refractivity contribution < 1.29 is 0 Å². The smallest absolute Gasteiger partial charge is 0.0722 e. The molecular weight excluding hydrogens is 1040 g/mol. The molecule has 10 aromatic rings. The second-order valence-electron chi connectivity index (χ2n) is 22.8. The van der Waals surface area contributed by atoms with Crippen LogP contribution < -0.4 is 0 Å². The highest BCUT2D eigenvalue weighted by atomic mass is 32.1. The van der Waals surface area contributed by atoms with E-state index >= 15 is 0 Å². The van der Waals surface area contributed by atoms with Crippen molar-refractivity contribution >= 4 is 44.5 Å². The van der Waals surface area contributed by atoms with Crippen molar-refractivity contribution in [3.8, 4) is 91.2 Å². The minimum absolute atomic E-state index is 0.533. The molecule has 0 radical (unpaired) electrons. The molecule has 0 N–H and O–H groups in total. The summed E-state index contributed by atoms with van der Waals surface area (Å²) in [5.74, 6) is 21.8. The number of thiophene rings is 2. The summed E-state index contributed by atoms with van der Waals surface area (Å²) in [5.41, 5.74) is 22.2. The average molecular weight is 1110 g/mol. The Morgan fingerprint density at radius 2 is 0.819 bits per heavy atom. The van der Waals surface area contributed by atoms with E-state index in [-0.39, 0.29) is 0 Å². The first kappa shape index (κ1) is 55.1. The molecule has 0 fully saturated rings. The van der Waals surface area contributed by atoms with Gasteiger partial charge in [0.15, 0.2) is 0 Å². The van der Waals surface area contributed by atoms with E-state index in [4.69, 9.17) is 6.42 Å². The van der Waals surface area contributed by atoms with Crippen molar-refractivity contribution in [3.05, 3.63) is 235 Å². The molecule has 2 aliphatic rings. The van der Waals surface area contributed by atoms with Crippen LogP contribution in [-0.4, -0.2) is 4.57 Å². The van der Waals surface area contributed by atoms with E-state index in [1.807, 2.05) is 22.7 Å². The number of benzene rings is 7. The molecule has 7 aromatic carbocycles. The molecule has 3 heterocycles. The summed E-state index contributed by atoms with van der Waals surface area (Å²) in [4.78, 5) is 5.27. The number of hydrogen-bond acceptors (Lipinski definition) is 2. The Hall–Kier alpha value is -8.46. The number of nitrogens with zero attached hydrogens (tertiary/aromatic N) is 1. The van der Waals surface area contributed by atoms with Gasteiger partial charge in [0.1, 0.15) is 0 Å². The predicted octanol–water partition coefficient (Wildman–Crippen LogP) is 19.8. The minimum Gasteiger partial charge on any atom is -0.268 e. The number of aromatic nitrogens is 1. The van der Waals surface area contributed by atoms with E-state index in [0.29, 0.717) is 0 Å². The fourth-order valence-corrected chi connectivity index (χ4v) is 15.7. The third-order valence-corrected chi connectivity index (χ3v) is 19.8. The van der Waals surface area contributed by atoms with Crippen LogP contribution in [-0.2, 0) is 36.5 Å². The third kappa shape index (κ3) is 9.84. The van der Waals surface area contributed by atoms with Gasteiger partial charge in [-0.2, -0.15) is 0 Å². The molecule has 0 unspecified atom stereocenters. The van der Waals surface area contributed by atoms with Crippen molar-refractivity contribution in [1.29, 1.82) is 0 Å². The summed E-state index contributed by atoms with van der Waals surface area (Å²) in [5, 5.41) is 2.30. The van der Waals surface area contributed by atoms with Gasteiger partial charge in [-0.25, -0.2) is 0 Å². The van der Waals surface area contributed by atoms with Crippen LogP contribution in [0.3, 0.4) is 0 Å². The predicted molar refractivity (Wildman–Crippen MR) is 354 cm³/mol. The van der Waals surface area contributed by atoms with Gasteiger partial charge in [0, 0.05) is 60.0 Å². The Labute approximate surface area is 501 Å². The molecular formula is C80H69NS2. The van der Waals surface area contributed by atoms with E-state index in [1.165, 1.54) is 154 Å². The van der Waals surface area contributed by atoms with E-state index in [9.17, 15) is 0 Å². The quantitative estimate of drug-likeness (QED) is 0.0801. The summed E-state index contributed by atoms with van der Waals surface area (Å²) in [6.45, 7) is 13.6. The molecule has 0 bridgehead atoms. The van der Waals surface area contributed by atoms with Gasteiger partial charge in [0.25, 0.3) is 0 Å². The molecule has 0 saturated heterocycles. The number of fused-ring (bicyclic) bond motifs is 9. The van der Waals surface area contributed by atoms with Crippen LogP contribution in [0.5, 0.6) is 0 Å². The van der Waals surface area contributed by atoms with Gasteiger partial charge < -0.3 is 0 Å². The summed E-state index contributed by atoms with van der Waals surface area (Å²) >= 11 is 3.90. The first-order valence-electron chi connectivity index (χ1n) is 30.1.